The summed E-state index contributed by atoms with van der Waals surface area (Å²) in [6.07, 6.45) is 4.34. The fourth-order valence-corrected chi connectivity index (χ4v) is 5.66. The molecule has 1 atom stereocenters. The van der Waals surface area contributed by atoms with E-state index in [9.17, 15) is 4.79 Å². The summed E-state index contributed by atoms with van der Waals surface area (Å²) in [6, 6.07) is 5.40. The van der Waals surface area contributed by atoms with Crippen molar-refractivity contribution in [2.75, 3.05) is 45.3 Å². The second-order valence-corrected chi connectivity index (χ2v) is 9.33. The van der Waals surface area contributed by atoms with Gasteiger partial charge in [-0.05, 0) is 50.4 Å². The topological polar surface area (TPSA) is 54.9 Å². The number of hydrogen-bond acceptors (Lipinski definition) is 7. The number of anilines is 1. The minimum absolute atomic E-state index is 0.0263. The molecule has 0 aliphatic carbocycles. The van der Waals surface area contributed by atoms with Gasteiger partial charge in [0.25, 0.3) is 0 Å². The van der Waals surface area contributed by atoms with Crippen molar-refractivity contribution in [3.8, 4) is 11.5 Å². The summed E-state index contributed by atoms with van der Waals surface area (Å²) in [5, 5.41) is 1.64. The van der Waals surface area contributed by atoms with Crippen molar-refractivity contribution in [2.24, 2.45) is 5.92 Å². The van der Waals surface area contributed by atoms with Crippen LogP contribution in [0.15, 0.2) is 18.2 Å². The maximum Gasteiger partial charge on any atom is 0.187 e. The molecule has 1 unspecified atom stereocenters. The van der Waals surface area contributed by atoms with Crippen LogP contribution in [0.25, 0.3) is 0 Å². The van der Waals surface area contributed by atoms with Gasteiger partial charge in [0, 0.05) is 37.7 Å². The Morgan fingerprint density at radius 1 is 1.17 bits per heavy atom. The van der Waals surface area contributed by atoms with Gasteiger partial charge in [0.15, 0.2) is 22.4 Å². The highest BCUT2D eigenvalue weighted by Crippen LogP contribution is 2.34. The summed E-state index contributed by atoms with van der Waals surface area (Å²) in [5.41, 5.74) is 0.673. The number of carbonyl (C=O) groups is 1. The molecule has 0 amide bonds. The molecule has 0 spiro atoms. The number of hydrogen-bond donors (Lipinski definition) is 0. The summed E-state index contributed by atoms with van der Waals surface area (Å²) in [5.74, 6) is 1.35. The summed E-state index contributed by atoms with van der Waals surface area (Å²) in [6.45, 7) is 4.59. The molecule has 1 aromatic carbocycles. The number of carbonyl (C=O) groups excluding carboxylic acids is 1. The molecule has 3 heterocycles. The largest absolute Gasteiger partial charge is 0.493 e. The molecule has 2 aliphatic rings. The van der Waals surface area contributed by atoms with Crippen LogP contribution in [-0.4, -0.2) is 56.1 Å². The number of methoxy groups -OCH3 is 2. The van der Waals surface area contributed by atoms with E-state index in [4.69, 9.17) is 21.1 Å². The maximum absolute atomic E-state index is 13.1. The molecule has 30 heavy (non-hydrogen) atoms. The van der Waals surface area contributed by atoms with Crippen molar-refractivity contribution in [3.05, 3.63) is 33.8 Å². The first-order chi connectivity index (χ1) is 14.6. The first-order valence-electron chi connectivity index (χ1n) is 10.5. The van der Waals surface area contributed by atoms with Gasteiger partial charge >= 0.3 is 0 Å². The standard InChI is InChI=1S/C22H28ClN3O3S/c1-28-17-8-7-15(12-18(17)29-2)20(27)16-6-5-9-25(13-16)14-19-21(23)24-22(30-19)26-10-3-4-11-26/h7-8,12,16H,3-6,9-11,13-14H2,1-2H3. The predicted molar refractivity (Wildman–Crippen MR) is 120 cm³/mol. The zero-order valence-corrected chi connectivity index (χ0v) is 19.1. The lowest BCUT2D eigenvalue weighted by Gasteiger charge is -2.31. The molecule has 2 fully saturated rings. The predicted octanol–water partition coefficient (Wildman–Crippen LogP) is 4.51. The fraction of sp³-hybridized carbons (Fsp3) is 0.545. The number of likely N-dealkylation sites (tertiary alicyclic amines) is 1. The molecule has 4 rings (SSSR count). The Kier molecular flexibility index (Phi) is 6.80. The zero-order valence-electron chi connectivity index (χ0n) is 17.5. The smallest absolute Gasteiger partial charge is 0.187 e. The molecule has 0 saturated carbocycles. The Morgan fingerprint density at radius 3 is 2.67 bits per heavy atom. The highest BCUT2D eigenvalue weighted by molar-refractivity contribution is 7.16. The molecule has 2 aliphatic heterocycles. The zero-order chi connectivity index (χ0) is 21.1. The quantitative estimate of drug-likeness (QED) is 0.580. The van der Waals surface area contributed by atoms with Crippen molar-refractivity contribution in [1.82, 2.24) is 9.88 Å². The van der Waals surface area contributed by atoms with Gasteiger partial charge in [-0.2, -0.15) is 0 Å². The van der Waals surface area contributed by atoms with Crippen LogP contribution >= 0.6 is 22.9 Å². The molecule has 2 aromatic rings. The second-order valence-electron chi connectivity index (χ2n) is 7.91. The number of ether oxygens (including phenoxy) is 2. The lowest BCUT2D eigenvalue weighted by molar-refractivity contribution is 0.0812. The van der Waals surface area contributed by atoms with E-state index in [2.05, 4.69) is 14.8 Å². The van der Waals surface area contributed by atoms with Crippen LogP contribution in [0.5, 0.6) is 11.5 Å². The van der Waals surface area contributed by atoms with Crippen LogP contribution < -0.4 is 14.4 Å². The van der Waals surface area contributed by atoms with E-state index in [1.54, 1.807) is 37.7 Å². The number of nitrogens with zero attached hydrogens (tertiary/aromatic N) is 3. The van der Waals surface area contributed by atoms with Gasteiger partial charge in [-0.1, -0.05) is 22.9 Å². The third-order valence-corrected chi connectivity index (χ3v) is 7.45. The number of piperidine rings is 1. The molecule has 0 radical (unpaired) electrons. The molecule has 1 aromatic heterocycles. The lowest BCUT2D eigenvalue weighted by atomic mass is 9.90. The third kappa shape index (κ3) is 4.58. The van der Waals surface area contributed by atoms with E-state index >= 15 is 0 Å². The number of benzene rings is 1. The van der Waals surface area contributed by atoms with Gasteiger partial charge < -0.3 is 14.4 Å². The van der Waals surface area contributed by atoms with Gasteiger partial charge in [-0.25, -0.2) is 4.98 Å². The van der Waals surface area contributed by atoms with Gasteiger partial charge in [-0.3, -0.25) is 9.69 Å². The van der Waals surface area contributed by atoms with Crippen LogP contribution in [0.2, 0.25) is 5.15 Å². The van der Waals surface area contributed by atoms with Gasteiger partial charge in [0.1, 0.15) is 5.15 Å². The summed E-state index contributed by atoms with van der Waals surface area (Å²) < 4.78 is 10.6. The summed E-state index contributed by atoms with van der Waals surface area (Å²) in [4.78, 5) is 23.5. The molecule has 162 valence electrons. The van der Waals surface area contributed by atoms with Gasteiger partial charge in [-0.15, -0.1) is 0 Å². The van der Waals surface area contributed by atoms with Crippen LogP contribution in [0.3, 0.4) is 0 Å². The van der Waals surface area contributed by atoms with E-state index in [1.807, 2.05) is 6.07 Å². The van der Waals surface area contributed by atoms with E-state index in [1.165, 1.54) is 12.8 Å². The van der Waals surface area contributed by atoms with Gasteiger partial charge in [0.05, 0.1) is 19.1 Å². The molecule has 2 saturated heterocycles. The van der Waals surface area contributed by atoms with Crippen molar-refractivity contribution in [1.29, 1.82) is 0 Å². The van der Waals surface area contributed by atoms with E-state index < -0.39 is 0 Å². The normalized spacial score (nSPS) is 19.8. The molecule has 0 bridgehead atoms. The van der Waals surface area contributed by atoms with E-state index in [0.29, 0.717) is 22.2 Å². The Balaban J connectivity index is 1.43. The Bertz CT molecular complexity index is 898. The van der Waals surface area contributed by atoms with Crippen molar-refractivity contribution in [3.63, 3.8) is 0 Å². The average Bonchev–Trinajstić information content (AvgIpc) is 3.43. The Morgan fingerprint density at radius 2 is 1.93 bits per heavy atom. The second kappa shape index (κ2) is 9.54. The number of aromatic nitrogens is 1. The van der Waals surface area contributed by atoms with E-state index in [0.717, 1.165) is 55.6 Å². The minimum Gasteiger partial charge on any atom is -0.493 e. The lowest BCUT2D eigenvalue weighted by Crippen LogP contribution is -2.38. The first-order valence-corrected chi connectivity index (χ1v) is 11.7. The van der Waals surface area contributed by atoms with E-state index in [-0.39, 0.29) is 11.7 Å². The average molecular weight is 450 g/mol. The van der Waals surface area contributed by atoms with Gasteiger partial charge in [0.2, 0.25) is 0 Å². The summed E-state index contributed by atoms with van der Waals surface area (Å²) in [7, 11) is 3.18. The number of thiazole rings is 1. The Labute approximate surface area is 186 Å². The van der Waals surface area contributed by atoms with Crippen molar-refractivity contribution < 1.29 is 14.3 Å². The summed E-state index contributed by atoms with van der Waals surface area (Å²) >= 11 is 8.14. The highest BCUT2D eigenvalue weighted by Gasteiger charge is 2.28. The van der Waals surface area contributed by atoms with Crippen molar-refractivity contribution in [2.45, 2.75) is 32.2 Å². The number of Topliss-reactive ketones (excluding diaryl/α,β-unsaturated/α-hetero) is 1. The SMILES string of the molecule is COc1ccc(C(=O)C2CCCN(Cc3sc(N4CCCC4)nc3Cl)C2)cc1OC. The fourth-order valence-electron chi connectivity index (χ4n) is 4.30. The first kappa shape index (κ1) is 21.4. The molecule has 0 N–H and O–H groups in total. The molecular formula is C22H28ClN3O3S. The van der Waals surface area contributed by atoms with Crippen LogP contribution in [-0.2, 0) is 6.54 Å². The third-order valence-electron chi connectivity index (χ3n) is 5.93. The number of halogens is 1. The number of ketones is 1. The Hall–Kier alpha value is -1.83. The number of rotatable bonds is 7. The van der Waals surface area contributed by atoms with Crippen molar-refractivity contribution >= 4 is 33.9 Å². The molecule has 8 heteroatoms. The van der Waals surface area contributed by atoms with Crippen LogP contribution in [0.1, 0.15) is 40.9 Å². The molecular weight excluding hydrogens is 422 g/mol. The monoisotopic (exact) mass is 449 g/mol. The highest BCUT2D eigenvalue weighted by atomic mass is 35.5. The van der Waals surface area contributed by atoms with Crippen LogP contribution in [0, 0.1) is 5.92 Å². The minimum atomic E-state index is -0.0263. The maximum atomic E-state index is 13.1. The van der Waals surface area contributed by atoms with Crippen LogP contribution in [0.4, 0.5) is 5.13 Å². The molecule has 6 nitrogen and oxygen atoms in total.